The van der Waals surface area contributed by atoms with Crippen LogP contribution in [0.15, 0.2) is 0 Å². The summed E-state index contributed by atoms with van der Waals surface area (Å²) < 4.78 is 5.03. The Balaban J connectivity index is 1.98. The molecule has 1 aliphatic heterocycles. The number of carbonyl (C=O) groups excluding carboxylic acids is 2. The first-order chi connectivity index (χ1) is 8.15. The molecule has 2 rings (SSSR count). The van der Waals surface area contributed by atoms with Crippen LogP contribution < -0.4 is 0 Å². The van der Waals surface area contributed by atoms with Crippen LogP contribution in [0.4, 0.5) is 0 Å². The fraction of sp³-hybridized carbons (Fsp3) is 0.846. The maximum absolute atomic E-state index is 12.3. The average molecular weight is 239 g/mol. The molecular weight excluding hydrogens is 218 g/mol. The molecule has 0 aromatic heterocycles. The minimum atomic E-state index is -0.330. The smallest absolute Gasteiger partial charge is 0.328 e. The van der Waals surface area contributed by atoms with E-state index in [2.05, 4.69) is 0 Å². The van der Waals surface area contributed by atoms with E-state index in [-0.39, 0.29) is 23.8 Å². The van der Waals surface area contributed by atoms with Gasteiger partial charge in [-0.15, -0.1) is 0 Å². The molecule has 1 amide bonds. The number of nitrogens with zero attached hydrogens (tertiary/aromatic N) is 1. The van der Waals surface area contributed by atoms with Gasteiger partial charge in [-0.05, 0) is 38.5 Å². The van der Waals surface area contributed by atoms with Crippen LogP contribution in [0.5, 0.6) is 0 Å². The summed E-state index contributed by atoms with van der Waals surface area (Å²) in [7, 11) is 0. The Morgan fingerprint density at radius 2 is 2.06 bits per heavy atom. The molecule has 17 heavy (non-hydrogen) atoms. The first kappa shape index (κ1) is 12.4. The van der Waals surface area contributed by atoms with E-state index in [0.717, 1.165) is 25.7 Å². The molecule has 1 aliphatic carbocycles. The van der Waals surface area contributed by atoms with E-state index in [9.17, 15) is 9.59 Å². The molecule has 1 heterocycles. The summed E-state index contributed by atoms with van der Waals surface area (Å²) in [6.07, 6.45) is 3.98. The number of carbonyl (C=O) groups is 2. The Kier molecular flexibility index (Phi) is 3.69. The fourth-order valence-corrected chi connectivity index (χ4v) is 2.57. The molecule has 2 unspecified atom stereocenters. The monoisotopic (exact) mass is 239 g/mol. The van der Waals surface area contributed by atoms with E-state index in [1.54, 1.807) is 11.8 Å². The number of ether oxygens (including phenoxy) is 1. The van der Waals surface area contributed by atoms with Crippen LogP contribution in [0.2, 0.25) is 0 Å². The Labute approximate surface area is 102 Å². The van der Waals surface area contributed by atoms with Crippen LogP contribution in [-0.2, 0) is 14.3 Å². The molecule has 2 atom stereocenters. The van der Waals surface area contributed by atoms with Gasteiger partial charge < -0.3 is 9.64 Å². The van der Waals surface area contributed by atoms with Gasteiger partial charge in [-0.2, -0.15) is 0 Å². The molecule has 0 radical (unpaired) electrons. The third kappa shape index (κ3) is 2.61. The van der Waals surface area contributed by atoms with Crippen LogP contribution in [0.25, 0.3) is 0 Å². The van der Waals surface area contributed by atoms with Gasteiger partial charge in [0.15, 0.2) is 0 Å². The van der Waals surface area contributed by atoms with Crippen molar-refractivity contribution < 1.29 is 14.3 Å². The number of amides is 1. The Morgan fingerprint density at radius 1 is 1.35 bits per heavy atom. The molecule has 2 aliphatic rings. The van der Waals surface area contributed by atoms with Crippen molar-refractivity contribution in [3.8, 4) is 0 Å². The molecule has 96 valence electrons. The van der Waals surface area contributed by atoms with Gasteiger partial charge >= 0.3 is 5.97 Å². The van der Waals surface area contributed by atoms with Crippen LogP contribution >= 0.6 is 0 Å². The predicted molar refractivity (Wildman–Crippen MR) is 63.3 cm³/mol. The van der Waals surface area contributed by atoms with Crippen LogP contribution in [-0.4, -0.2) is 36.0 Å². The minimum Gasteiger partial charge on any atom is -0.464 e. The quantitative estimate of drug-likeness (QED) is 0.700. The molecular formula is C13H21NO3. The van der Waals surface area contributed by atoms with Crippen molar-refractivity contribution in [3.05, 3.63) is 0 Å². The normalized spacial score (nSPS) is 25.8. The molecule has 2 fully saturated rings. The van der Waals surface area contributed by atoms with Crippen molar-refractivity contribution in [2.24, 2.45) is 11.8 Å². The van der Waals surface area contributed by atoms with Crippen molar-refractivity contribution in [2.45, 2.75) is 45.6 Å². The van der Waals surface area contributed by atoms with Gasteiger partial charge in [-0.1, -0.05) is 6.92 Å². The van der Waals surface area contributed by atoms with Crippen molar-refractivity contribution in [1.82, 2.24) is 4.90 Å². The largest absolute Gasteiger partial charge is 0.464 e. The second-order valence-corrected chi connectivity index (χ2v) is 5.07. The topological polar surface area (TPSA) is 46.6 Å². The minimum absolute atomic E-state index is 0.0741. The Bertz CT molecular complexity index is 312. The molecule has 0 spiro atoms. The summed E-state index contributed by atoms with van der Waals surface area (Å²) in [5.41, 5.74) is 0. The zero-order valence-electron chi connectivity index (χ0n) is 10.6. The van der Waals surface area contributed by atoms with E-state index in [4.69, 9.17) is 4.74 Å². The summed E-state index contributed by atoms with van der Waals surface area (Å²) >= 11 is 0. The van der Waals surface area contributed by atoms with Crippen LogP contribution in [0, 0.1) is 11.8 Å². The standard InChI is InChI=1S/C13H21NO3/c1-3-17-13(16)11-5-4-8-14(11)12(15)9(2)10-6-7-10/h9-11H,3-8H2,1-2H3. The first-order valence-corrected chi connectivity index (χ1v) is 6.62. The molecule has 1 saturated carbocycles. The summed E-state index contributed by atoms with van der Waals surface area (Å²) in [5, 5.41) is 0. The van der Waals surface area contributed by atoms with Crippen LogP contribution in [0.3, 0.4) is 0 Å². The van der Waals surface area contributed by atoms with Gasteiger partial charge in [0.1, 0.15) is 6.04 Å². The highest BCUT2D eigenvalue weighted by Gasteiger charge is 2.41. The SMILES string of the molecule is CCOC(=O)C1CCCN1C(=O)C(C)C1CC1. The van der Waals surface area contributed by atoms with Gasteiger partial charge in [0.25, 0.3) is 0 Å². The van der Waals surface area contributed by atoms with Crippen LogP contribution in [0.1, 0.15) is 39.5 Å². The second kappa shape index (κ2) is 5.07. The Morgan fingerprint density at radius 3 is 2.65 bits per heavy atom. The maximum atomic E-state index is 12.3. The average Bonchev–Trinajstić information content (AvgIpc) is 3.04. The highest BCUT2D eigenvalue weighted by Crippen LogP contribution is 2.38. The molecule has 0 N–H and O–H groups in total. The zero-order chi connectivity index (χ0) is 12.4. The van der Waals surface area contributed by atoms with Gasteiger partial charge in [0.05, 0.1) is 6.61 Å². The second-order valence-electron chi connectivity index (χ2n) is 5.07. The fourth-order valence-electron chi connectivity index (χ4n) is 2.57. The van der Waals surface area contributed by atoms with Gasteiger partial charge in [0, 0.05) is 12.5 Å². The summed E-state index contributed by atoms with van der Waals surface area (Å²) in [6.45, 7) is 4.88. The lowest BCUT2D eigenvalue weighted by Gasteiger charge is -2.26. The zero-order valence-corrected chi connectivity index (χ0v) is 10.6. The molecule has 0 aromatic rings. The maximum Gasteiger partial charge on any atom is 0.328 e. The van der Waals surface area contributed by atoms with E-state index < -0.39 is 0 Å². The summed E-state index contributed by atoms with van der Waals surface area (Å²) in [4.78, 5) is 25.8. The molecule has 4 nitrogen and oxygen atoms in total. The molecule has 1 saturated heterocycles. The molecule has 0 aromatic carbocycles. The van der Waals surface area contributed by atoms with E-state index in [0.29, 0.717) is 19.1 Å². The summed E-state index contributed by atoms with van der Waals surface area (Å²) in [5.74, 6) is 0.528. The highest BCUT2D eigenvalue weighted by molar-refractivity contribution is 5.86. The highest BCUT2D eigenvalue weighted by atomic mass is 16.5. The van der Waals surface area contributed by atoms with Gasteiger partial charge in [-0.25, -0.2) is 4.79 Å². The van der Waals surface area contributed by atoms with Crippen molar-refractivity contribution in [1.29, 1.82) is 0 Å². The summed E-state index contributed by atoms with van der Waals surface area (Å²) in [6, 6.07) is -0.330. The predicted octanol–water partition coefficient (Wildman–Crippen LogP) is 1.59. The van der Waals surface area contributed by atoms with Crippen molar-refractivity contribution >= 4 is 11.9 Å². The molecule has 4 heteroatoms. The van der Waals surface area contributed by atoms with E-state index in [1.807, 2.05) is 6.92 Å². The van der Waals surface area contributed by atoms with Crippen molar-refractivity contribution in [3.63, 3.8) is 0 Å². The number of hydrogen-bond acceptors (Lipinski definition) is 3. The third-order valence-electron chi connectivity index (χ3n) is 3.81. The van der Waals surface area contributed by atoms with Gasteiger partial charge in [0.2, 0.25) is 5.91 Å². The number of hydrogen-bond donors (Lipinski definition) is 0. The third-order valence-corrected chi connectivity index (χ3v) is 3.81. The number of esters is 1. The lowest BCUT2D eigenvalue weighted by molar-refractivity contribution is -0.154. The number of likely N-dealkylation sites (tertiary alicyclic amines) is 1. The van der Waals surface area contributed by atoms with E-state index in [1.165, 1.54) is 0 Å². The van der Waals surface area contributed by atoms with Crippen molar-refractivity contribution in [2.75, 3.05) is 13.2 Å². The molecule has 0 bridgehead atoms. The Hall–Kier alpha value is -1.06. The lowest BCUT2D eigenvalue weighted by Crippen LogP contribution is -2.44. The lowest BCUT2D eigenvalue weighted by atomic mass is 10.0. The number of rotatable bonds is 4. The van der Waals surface area contributed by atoms with E-state index >= 15 is 0 Å². The van der Waals surface area contributed by atoms with Gasteiger partial charge in [-0.3, -0.25) is 4.79 Å². The first-order valence-electron chi connectivity index (χ1n) is 6.62.